The van der Waals surface area contributed by atoms with E-state index < -0.39 is 0 Å². The maximum absolute atomic E-state index is 13.4. The van der Waals surface area contributed by atoms with Gasteiger partial charge >= 0.3 is 0 Å². The van der Waals surface area contributed by atoms with Gasteiger partial charge in [0.15, 0.2) is 4.32 Å². The number of benzene rings is 2. The van der Waals surface area contributed by atoms with Crippen LogP contribution in [0.4, 0.5) is 11.4 Å². The minimum atomic E-state index is -0.180. The lowest BCUT2D eigenvalue weighted by Crippen LogP contribution is -2.35. The number of thiocarbonyl (C=S) groups is 1. The van der Waals surface area contributed by atoms with Crippen molar-refractivity contribution in [2.75, 3.05) is 16.3 Å². The van der Waals surface area contributed by atoms with Gasteiger partial charge in [0, 0.05) is 18.0 Å². The third-order valence-electron chi connectivity index (χ3n) is 5.30. The summed E-state index contributed by atoms with van der Waals surface area (Å²) in [4.78, 5) is 32.2. The third kappa shape index (κ3) is 3.35. The van der Waals surface area contributed by atoms with Crippen molar-refractivity contribution in [1.82, 2.24) is 4.57 Å². The van der Waals surface area contributed by atoms with Gasteiger partial charge in [0.2, 0.25) is 0 Å². The zero-order valence-corrected chi connectivity index (χ0v) is 20.7. The second-order valence-electron chi connectivity index (χ2n) is 7.08. The summed E-state index contributed by atoms with van der Waals surface area (Å²) in [5.41, 5.74) is 1.79. The van der Waals surface area contributed by atoms with Crippen LogP contribution in [-0.2, 0) is 11.3 Å². The number of nitrogens with zero attached hydrogens (tertiary/aromatic N) is 3. The zero-order chi connectivity index (χ0) is 22.4. The fourth-order valence-corrected chi connectivity index (χ4v) is 7.83. The Balaban J connectivity index is 1.72. The molecule has 32 heavy (non-hydrogen) atoms. The van der Waals surface area contributed by atoms with Gasteiger partial charge in [-0.2, -0.15) is 0 Å². The summed E-state index contributed by atoms with van der Waals surface area (Å²) in [5, 5.41) is 0.927. The Bertz CT molecular complexity index is 1430. The van der Waals surface area contributed by atoms with Crippen molar-refractivity contribution in [3.05, 3.63) is 74.1 Å². The van der Waals surface area contributed by atoms with E-state index in [0.717, 1.165) is 27.8 Å². The normalized spacial score (nSPS) is 19.2. The maximum Gasteiger partial charge on any atom is 0.273 e. The van der Waals surface area contributed by atoms with E-state index >= 15 is 0 Å². The highest BCUT2D eigenvalue weighted by Crippen LogP contribution is 2.45. The number of rotatable bonds is 3. The molecule has 9 heteroatoms. The summed E-state index contributed by atoms with van der Waals surface area (Å²) in [5.74, 6) is -0.180. The summed E-state index contributed by atoms with van der Waals surface area (Å²) in [7, 11) is 0. The van der Waals surface area contributed by atoms with E-state index in [1.54, 1.807) is 21.2 Å². The molecule has 0 spiro atoms. The molecule has 5 rings (SSSR count). The summed E-state index contributed by atoms with van der Waals surface area (Å²) >= 11 is 9.79. The molecule has 3 heterocycles. The molecule has 0 aliphatic carbocycles. The molecule has 1 amide bonds. The maximum atomic E-state index is 13.4. The van der Waals surface area contributed by atoms with Crippen molar-refractivity contribution in [2.24, 2.45) is 0 Å². The molecule has 0 radical (unpaired) electrons. The largest absolute Gasteiger partial charge is 0.334 e. The Morgan fingerprint density at radius 2 is 1.62 bits per heavy atom. The molecule has 162 valence electrons. The number of aromatic nitrogens is 1. The molecular formula is C23H19N3O2S4. The molecule has 0 atom stereocenters. The van der Waals surface area contributed by atoms with Crippen molar-refractivity contribution in [3.8, 4) is 0 Å². The number of para-hydroxylation sites is 2. The van der Waals surface area contributed by atoms with Crippen molar-refractivity contribution in [3.63, 3.8) is 0 Å². The van der Waals surface area contributed by atoms with Crippen molar-refractivity contribution in [2.45, 2.75) is 25.3 Å². The molecule has 5 nitrogen and oxygen atoms in total. The predicted molar refractivity (Wildman–Crippen MR) is 140 cm³/mol. The number of hydrogen-bond acceptors (Lipinski definition) is 7. The zero-order valence-electron chi connectivity index (χ0n) is 17.4. The Morgan fingerprint density at radius 1 is 0.906 bits per heavy atom. The van der Waals surface area contributed by atoms with Crippen LogP contribution in [0.25, 0.3) is 9.93 Å². The average molecular weight is 498 g/mol. The van der Waals surface area contributed by atoms with Crippen LogP contribution in [-0.4, -0.2) is 21.3 Å². The van der Waals surface area contributed by atoms with Crippen molar-refractivity contribution in [1.29, 1.82) is 0 Å². The second kappa shape index (κ2) is 8.55. The van der Waals surface area contributed by atoms with E-state index in [4.69, 9.17) is 12.2 Å². The fourth-order valence-electron chi connectivity index (χ4n) is 3.82. The number of carbonyl (C=O) groups is 1. The van der Waals surface area contributed by atoms with Gasteiger partial charge < -0.3 is 4.90 Å². The molecule has 1 saturated heterocycles. The summed E-state index contributed by atoms with van der Waals surface area (Å²) < 4.78 is 3.51. The summed E-state index contributed by atoms with van der Waals surface area (Å²) in [6, 6.07) is 17.6. The lowest BCUT2D eigenvalue weighted by Gasteiger charge is -2.16. The van der Waals surface area contributed by atoms with Crippen LogP contribution in [0.1, 0.15) is 13.8 Å². The Labute approximate surface area is 203 Å². The van der Waals surface area contributed by atoms with Gasteiger partial charge in [0.25, 0.3) is 11.5 Å². The molecule has 0 N–H and O–H groups in total. The van der Waals surface area contributed by atoms with E-state index in [2.05, 4.69) is 24.0 Å². The second-order valence-corrected chi connectivity index (χ2v) is 10.8. The van der Waals surface area contributed by atoms with Crippen LogP contribution in [0.15, 0.2) is 64.3 Å². The van der Waals surface area contributed by atoms with E-state index in [1.165, 1.54) is 23.1 Å². The Hall–Kier alpha value is -2.33. The number of carbonyl (C=O) groups excluding carboxylic acids is 1. The van der Waals surface area contributed by atoms with Crippen LogP contribution in [0.2, 0.25) is 0 Å². The first-order valence-electron chi connectivity index (χ1n) is 10.2. The molecule has 2 aromatic carbocycles. The van der Waals surface area contributed by atoms with Crippen LogP contribution in [0, 0.1) is 0 Å². The van der Waals surface area contributed by atoms with Gasteiger partial charge in [0.05, 0.1) is 11.4 Å². The monoisotopic (exact) mass is 497 g/mol. The van der Waals surface area contributed by atoms with Crippen molar-refractivity contribution >= 4 is 78.6 Å². The number of thioether (sulfide) groups is 2. The van der Waals surface area contributed by atoms with Crippen LogP contribution in [0.5, 0.6) is 0 Å². The van der Waals surface area contributed by atoms with Gasteiger partial charge in [-0.05, 0) is 38.1 Å². The number of fused-ring (bicyclic) bond motifs is 1. The third-order valence-corrected chi connectivity index (χ3v) is 9.29. The Morgan fingerprint density at radius 3 is 2.34 bits per heavy atom. The van der Waals surface area contributed by atoms with E-state index in [9.17, 15) is 9.59 Å². The molecular weight excluding hydrogens is 479 g/mol. The highest BCUT2D eigenvalue weighted by molar-refractivity contribution is 8.31. The molecule has 0 unspecified atom stereocenters. The van der Waals surface area contributed by atoms with Gasteiger partial charge in [-0.25, -0.2) is 0 Å². The topological polar surface area (TPSA) is 45.5 Å². The molecule has 2 aliphatic rings. The number of hydrogen-bond donors (Lipinski definition) is 0. The quantitative estimate of drug-likeness (QED) is 0.513. The van der Waals surface area contributed by atoms with E-state index in [1.807, 2.05) is 49.4 Å². The first-order chi connectivity index (χ1) is 15.5. The number of thiazole rings is 1. The van der Waals surface area contributed by atoms with E-state index in [-0.39, 0.29) is 11.5 Å². The minimum absolute atomic E-state index is 0.0637. The van der Waals surface area contributed by atoms with Crippen LogP contribution < -0.4 is 24.6 Å². The highest BCUT2D eigenvalue weighted by atomic mass is 32.2. The lowest BCUT2D eigenvalue weighted by molar-refractivity contribution is -0.112. The van der Waals surface area contributed by atoms with Crippen LogP contribution in [0.3, 0.4) is 0 Å². The number of anilines is 2. The summed E-state index contributed by atoms with van der Waals surface area (Å²) in [6.45, 7) is 5.25. The first kappa shape index (κ1) is 21.5. The summed E-state index contributed by atoms with van der Waals surface area (Å²) in [6.07, 6.45) is 0. The number of amides is 1. The fraction of sp³-hybridized carbons (Fsp3) is 0.174. The molecule has 1 fully saturated rings. The smallest absolute Gasteiger partial charge is 0.273 e. The first-order valence-corrected chi connectivity index (χ1v) is 13.0. The molecule has 3 aromatic rings. The van der Waals surface area contributed by atoms with Gasteiger partial charge in [-0.1, -0.05) is 66.1 Å². The molecule has 0 bridgehead atoms. The van der Waals surface area contributed by atoms with Crippen LogP contribution >= 0.6 is 47.1 Å². The van der Waals surface area contributed by atoms with E-state index in [0.29, 0.717) is 25.0 Å². The molecule has 1 aromatic heterocycles. The van der Waals surface area contributed by atoms with Gasteiger partial charge in [-0.15, -0.1) is 11.3 Å². The van der Waals surface area contributed by atoms with Gasteiger partial charge in [0.1, 0.15) is 19.1 Å². The molecule has 2 aliphatic heterocycles. The Kier molecular flexibility index (Phi) is 5.75. The minimum Gasteiger partial charge on any atom is -0.334 e. The standard InChI is InChI=1S/C23H19N3O2S4/c1-3-24-15-12-8-9-13-16(15)30-21(24)17-19(27)25(4-2)22(31-17)18-20(28)26(23(29)32-18)14-10-6-5-7-11-14/h5-13H,3-4H2,1-2H3/b21-17+,22-18-. The predicted octanol–water partition coefficient (Wildman–Crippen LogP) is 3.80. The van der Waals surface area contributed by atoms with Gasteiger partial charge in [-0.3, -0.25) is 19.1 Å². The van der Waals surface area contributed by atoms with Crippen molar-refractivity contribution < 1.29 is 4.79 Å². The SMILES string of the molecule is CCN1/C(=c2\s/c(=C3\SC(=S)N(c4ccccc4)C3=O)n(CC)c2=O)Sc2ccccc21. The lowest BCUT2D eigenvalue weighted by atomic mass is 10.3. The molecule has 0 saturated carbocycles. The highest BCUT2D eigenvalue weighted by Gasteiger charge is 2.35. The average Bonchev–Trinajstić information content (AvgIpc) is 3.44.